The SMILES string of the molecule is COC[C@@H]1C[C@@H](OC)CN1C(=O)Cn1ncn(C)c1=O. The summed E-state index contributed by atoms with van der Waals surface area (Å²) >= 11 is 0. The number of methoxy groups -OCH3 is 2. The molecule has 1 aromatic rings. The average molecular weight is 284 g/mol. The van der Waals surface area contributed by atoms with Crippen molar-refractivity contribution in [3.05, 3.63) is 16.8 Å². The van der Waals surface area contributed by atoms with Crippen molar-refractivity contribution in [2.24, 2.45) is 7.05 Å². The maximum Gasteiger partial charge on any atom is 0.345 e. The lowest BCUT2D eigenvalue weighted by molar-refractivity contribution is -0.134. The molecule has 2 rings (SSSR count). The second kappa shape index (κ2) is 6.19. The minimum absolute atomic E-state index is 0.0135. The van der Waals surface area contributed by atoms with Crippen LogP contribution in [0.2, 0.25) is 0 Å². The van der Waals surface area contributed by atoms with Crippen molar-refractivity contribution < 1.29 is 14.3 Å². The molecule has 8 nitrogen and oxygen atoms in total. The number of rotatable bonds is 5. The molecule has 0 aliphatic carbocycles. The van der Waals surface area contributed by atoms with E-state index >= 15 is 0 Å². The number of nitrogens with zero attached hydrogens (tertiary/aromatic N) is 4. The van der Waals surface area contributed by atoms with Crippen molar-refractivity contribution in [1.29, 1.82) is 0 Å². The molecular formula is C12H20N4O4. The number of amides is 1. The molecule has 2 atom stereocenters. The number of ether oxygens (including phenoxy) is 2. The van der Waals surface area contributed by atoms with Crippen molar-refractivity contribution in [3.63, 3.8) is 0 Å². The monoisotopic (exact) mass is 284 g/mol. The summed E-state index contributed by atoms with van der Waals surface area (Å²) in [5.74, 6) is -0.146. The number of likely N-dealkylation sites (tertiary alicyclic amines) is 1. The van der Waals surface area contributed by atoms with Crippen LogP contribution >= 0.6 is 0 Å². The van der Waals surface area contributed by atoms with Gasteiger partial charge in [0.05, 0.1) is 18.8 Å². The van der Waals surface area contributed by atoms with Crippen molar-refractivity contribution in [2.45, 2.75) is 25.1 Å². The van der Waals surface area contributed by atoms with Gasteiger partial charge in [0.15, 0.2) is 0 Å². The highest BCUT2D eigenvalue weighted by molar-refractivity contribution is 5.76. The summed E-state index contributed by atoms with van der Waals surface area (Å²) in [6, 6.07) is -0.0168. The van der Waals surface area contributed by atoms with Crippen LogP contribution in [0.1, 0.15) is 6.42 Å². The number of hydrogen-bond donors (Lipinski definition) is 0. The topological polar surface area (TPSA) is 78.6 Å². The maximum atomic E-state index is 12.3. The van der Waals surface area contributed by atoms with E-state index in [0.29, 0.717) is 13.2 Å². The van der Waals surface area contributed by atoms with E-state index in [4.69, 9.17) is 9.47 Å². The standard InChI is InChI=1S/C12H20N4O4/c1-14-8-13-16(12(14)18)6-11(17)15-5-10(20-3)4-9(15)7-19-2/h8-10H,4-7H2,1-3H3/t9-,10+/m0/s1. The Labute approximate surface area is 116 Å². The third-order valence-electron chi connectivity index (χ3n) is 3.56. The van der Waals surface area contributed by atoms with Crippen LogP contribution in [0, 0.1) is 0 Å². The van der Waals surface area contributed by atoms with Gasteiger partial charge in [-0.05, 0) is 6.42 Å². The van der Waals surface area contributed by atoms with Gasteiger partial charge in [0.25, 0.3) is 0 Å². The van der Waals surface area contributed by atoms with Crippen LogP contribution in [0.3, 0.4) is 0 Å². The van der Waals surface area contributed by atoms with Gasteiger partial charge in [-0.3, -0.25) is 9.36 Å². The molecule has 0 spiro atoms. The van der Waals surface area contributed by atoms with Crippen LogP contribution in [0.25, 0.3) is 0 Å². The zero-order valence-corrected chi connectivity index (χ0v) is 12.0. The number of aromatic nitrogens is 3. The lowest BCUT2D eigenvalue weighted by Gasteiger charge is -2.23. The highest BCUT2D eigenvalue weighted by atomic mass is 16.5. The second-order valence-electron chi connectivity index (χ2n) is 4.93. The van der Waals surface area contributed by atoms with Gasteiger partial charge < -0.3 is 14.4 Å². The second-order valence-corrected chi connectivity index (χ2v) is 4.93. The molecule has 0 radical (unpaired) electrons. The van der Waals surface area contributed by atoms with E-state index in [2.05, 4.69) is 5.10 Å². The van der Waals surface area contributed by atoms with Gasteiger partial charge in [-0.15, -0.1) is 0 Å². The fourth-order valence-electron chi connectivity index (χ4n) is 2.45. The summed E-state index contributed by atoms with van der Waals surface area (Å²) in [7, 11) is 4.83. The van der Waals surface area contributed by atoms with Crippen molar-refractivity contribution in [1.82, 2.24) is 19.2 Å². The van der Waals surface area contributed by atoms with E-state index < -0.39 is 0 Å². The van der Waals surface area contributed by atoms with Gasteiger partial charge in [-0.2, -0.15) is 5.10 Å². The van der Waals surface area contributed by atoms with E-state index in [0.717, 1.165) is 11.1 Å². The predicted molar refractivity (Wildman–Crippen MR) is 70.3 cm³/mol. The molecule has 0 aromatic carbocycles. The molecule has 2 heterocycles. The lowest BCUT2D eigenvalue weighted by Crippen LogP contribution is -2.42. The summed E-state index contributed by atoms with van der Waals surface area (Å²) < 4.78 is 12.9. The third kappa shape index (κ3) is 2.91. The summed E-state index contributed by atoms with van der Waals surface area (Å²) in [5, 5.41) is 3.89. The Morgan fingerprint density at radius 3 is 2.80 bits per heavy atom. The zero-order chi connectivity index (χ0) is 14.7. The highest BCUT2D eigenvalue weighted by Gasteiger charge is 2.35. The molecule has 112 valence electrons. The van der Waals surface area contributed by atoms with Crippen LogP contribution < -0.4 is 5.69 Å². The van der Waals surface area contributed by atoms with Crippen molar-refractivity contribution in [3.8, 4) is 0 Å². The largest absolute Gasteiger partial charge is 0.383 e. The minimum atomic E-state index is -0.302. The van der Waals surface area contributed by atoms with E-state index in [1.807, 2.05) is 0 Å². The van der Waals surface area contributed by atoms with Crippen LogP contribution in [0.4, 0.5) is 0 Å². The van der Waals surface area contributed by atoms with Crippen molar-refractivity contribution in [2.75, 3.05) is 27.4 Å². The van der Waals surface area contributed by atoms with Gasteiger partial charge in [0.2, 0.25) is 5.91 Å². The summed E-state index contributed by atoms with van der Waals surface area (Å²) in [5.41, 5.74) is -0.302. The molecule has 20 heavy (non-hydrogen) atoms. The van der Waals surface area contributed by atoms with Gasteiger partial charge in [0.1, 0.15) is 12.9 Å². The molecule has 1 amide bonds. The fraction of sp³-hybridized carbons (Fsp3) is 0.750. The fourth-order valence-corrected chi connectivity index (χ4v) is 2.45. The molecule has 0 bridgehead atoms. The summed E-state index contributed by atoms with van der Waals surface area (Å²) in [4.78, 5) is 25.7. The molecule has 0 saturated carbocycles. The minimum Gasteiger partial charge on any atom is -0.383 e. The van der Waals surface area contributed by atoms with Crippen LogP contribution in [-0.4, -0.2) is 64.7 Å². The maximum absolute atomic E-state index is 12.3. The Bertz CT molecular complexity index is 524. The number of carbonyl (C=O) groups is 1. The molecule has 1 aliphatic rings. The predicted octanol–water partition coefficient (Wildman–Crippen LogP) is -1.16. The van der Waals surface area contributed by atoms with Crippen LogP contribution in [0.15, 0.2) is 11.1 Å². The molecule has 1 saturated heterocycles. The average Bonchev–Trinajstić information content (AvgIpc) is 2.98. The summed E-state index contributed by atoms with van der Waals surface area (Å²) in [6.45, 7) is 0.921. The van der Waals surface area contributed by atoms with Gasteiger partial charge in [-0.25, -0.2) is 9.48 Å². The first kappa shape index (κ1) is 14.7. The Morgan fingerprint density at radius 1 is 1.50 bits per heavy atom. The first-order valence-corrected chi connectivity index (χ1v) is 6.46. The first-order chi connectivity index (χ1) is 9.56. The van der Waals surface area contributed by atoms with E-state index in [1.165, 1.54) is 10.9 Å². The summed E-state index contributed by atoms with van der Waals surface area (Å²) in [6.07, 6.45) is 2.15. The lowest BCUT2D eigenvalue weighted by atomic mass is 10.2. The number of aryl methyl sites for hydroxylation is 1. The van der Waals surface area contributed by atoms with E-state index in [1.54, 1.807) is 26.2 Å². The van der Waals surface area contributed by atoms with E-state index in [9.17, 15) is 9.59 Å². The molecule has 8 heteroatoms. The normalized spacial score (nSPS) is 22.4. The number of hydrogen-bond acceptors (Lipinski definition) is 5. The smallest absolute Gasteiger partial charge is 0.345 e. The van der Waals surface area contributed by atoms with Crippen LogP contribution in [-0.2, 0) is 27.9 Å². The number of carbonyl (C=O) groups excluding carboxylic acids is 1. The van der Waals surface area contributed by atoms with Crippen molar-refractivity contribution >= 4 is 5.91 Å². The van der Waals surface area contributed by atoms with Gasteiger partial charge >= 0.3 is 5.69 Å². The third-order valence-corrected chi connectivity index (χ3v) is 3.56. The molecule has 1 fully saturated rings. The first-order valence-electron chi connectivity index (χ1n) is 6.46. The van der Waals surface area contributed by atoms with Gasteiger partial charge in [-0.1, -0.05) is 0 Å². The van der Waals surface area contributed by atoms with Gasteiger partial charge in [0, 0.05) is 27.8 Å². The van der Waals surface area contributed by atoms with Crippen LogP contribution in [0.5, 0.6) is 0 Å². The molecular weight excluding hydrogens is 264 g/mol. The quantitative estimate of drug-likeness (QED) is 0.682. The Morgan fingerprint density at radius 2 is 2.25 bits per heavy atom. The Hall–Kier alpha value is -1.67. The Balaban J connectivity index is 2.07. The molecule has 1 aromatic heterocycles. The molecule has 0 N–H and O–H groups in total. The Kier molecular flexibility index (Phi) is 4.56. The zero-order valence-electron chi connectivity index (χ0n) is 12.0. The molecule has 1 aliphatic heterocycles. The van der Waals surface area contributed by atoms with E-state index in [-0.39, 0.29) is 30.3 Å². The molecule has 0 unspecified atom stereocenters. The highest BCUT2D eigenvalue weighted by Crippen LogP contribution is 2.20.